The molecule has 268 valence electrons. The van der Waals surface area contributed by atoms with E-state index in [0.717, 1.165) is 50.3 Å². The molecule has 0 heterocycles. The van der Waals surface area contributed by atoms with Crippen LogP contribution in [0, 0.1) is 5.92 Å². The molecule has 5 heteroatoms. The normalized spacial score (nSPS) is 19.6. The Bertz CT molecular complexity index is 861. The molecule has 0 saturated heterocycles. The van der Waals surface area contributed by atoms with Crippen LogP contribution in [0.2, 0.25) is 0 Å². The second-order valence-electron chi connectivity index (χ2n) is 15.1. The van der Waals surface area contributed by atoms with Crippen molar-refractivity contribution in [3.8, 4) is 0 Å². The quantitative estimate of drug-likeness (QED) is 0.0544. The Labute approximate surface area is 283 Å². The van der Waals surface area contributed by atoms with Crippen LogP contribution in [0.25, 0.3) is 0 Å². The summed E-state index contributed by atoms with van der Waals surface area (Å²) in [6.45, 7) is 10.0. The fraction of sp³-hybridized carbons (Fsp3) is 0.900. The van der Waals surface area contributed by atoms with Crippen LogP contribution < -0.4 is 0 Å². The number of rotatable bonds is 31. The second-order valence-corrected chi connectivity index (χ2v) is 23.0. The van der Waals surface area contributed by atoms with Gasteiger partial charge in [0, 0.05) is 0 Å². The predicted octanol–water partition coefficient (Wildman–Crippen LogP) is 13.8. The van der Waals surface area contributed by atoms with Gasteiger partial charge in [0.1, 0.15) is 0 Å². The minimum atomic E-state index is -3.82. The van der Waals surface area contributed by atoms with E-state index in [-0.39, 0.29) is 5.92 Å². The first-order valence-electron chi connectivity index (χ1n) is 20.0. The molecule has 0 aromatic rings. The Balaban J connectivity index is 3.22. The van der Waals surface area contributed by atoms with Gasteiger partial charge >= 0.3 is 271 Å². The van der Waals surface area contributed by atoms with Gasteiger partial charge in [-0.15, -0.1) is 0 Å². The zero-order chi connectivity index (χ0) is 33.4. The molecule has 45 heavy (non-hydrogen) atoms. The SMILES string of the molecule is CCCCCCCCCCCCCCP(CCCCCC)(CCCCCC)(CCCCCC)OS(=O)(=O)C1(C)C=CC=CC1C. The molecule has 0 aromatic carbocycles. The van der Waals surface area contributed by atoms with Crippen molar-refractivity contribution in [3.05, 3.63) is 24.3 Å². The van der Waals surface area contributed by atoms with Crippen LogP contribution in [0.3, 0.4) is 0 Å². The van der Waals surface area contributed by atoms with Crippen molar-refractivity contribution in [1.82, 2.24) is 0 Å². The zero-order valence-corrected chi connectivity index (χ0v) is 33.0. The Kier molecular flexibility index (Phi) is 22.9. The van der Waals surface area contributed by atoms with Crippen molar-refractivity contribution in [2.45, 2.75) is 200 Å². The molecule has 0 bridgehead atoms. The summed E-state index contributed by atoms with van der Waals surface area (Å²) in [7, 11) is -3.82. The van der Waals surface area contributed by atoms with Crippen molar-refractivity contribution in [3.63, 3.8) is 0 Å². The average Bonchev–Trinajstić information content (AvgIpc) is 3.02. The van der Waals surface area contributed by atoms with Gasteiger partial charge in [-0.1, -0.05) is 13.3 Å². The summed E-state index contributed by atoms with van der Waals surface area (Å²) in [4.78, 5) is 0. The first kappa shape index (κ1) is 42.8. The summed E-state index contributed by atoms with van der Waals surface area (Å²) in [5.41, 5.74) is 0. The van der Waals surface area contributed by atoms with Gasteiger partial charge < -0.3 is 0 Å². The van der Waals surface area contributed by atoms with Gasteiger partial charge in [0.25, 0.3) is 0 Å². The third-order valence-corrected chi connectivity index (χ3v) is 20.8. The van der Waals surface area contributed by atoms with Gasteiger partial charge in [-0.05, 0) is 0 Å². The van der Waals surface area contributed by atoms with Gasteiger partial charge in [-0.25, -0.2) is 0 Å². The topological polar surface area (TPSA) is 43.4 Å². The van der Waals surface area contributed by atoms with Crippen LogP contribution in [0.1, 0.15) is 196 Å². The Morgan fingerprint density at radius 2 is 0.844 bits per heavy atom. The van der Waals surface area contributed by atoms with Crippen molar-refractivity contribution < 1.29 is 12.4 Å². The molecule has 2 atom stereocenters. The van der Waals surface area contributed by atoms with E-state index in [9.17, 15) is 8.42 Å². The molecule has 0 aliphatic heterocycles. The average molecular weight is 671 g/mol. The summed E-state index contributed by atoms with van der Waals surface area (Å²) in [5, 5.41) is 0. The van der Waals surface area contributed by atoms with Crippen molar-refractivity contribution in [1.29, 1.82) is 0 Å². The van der Waals surface area contributed by atoms with E-state index in [1.54, 1.807) is 0 Å². The number of allylic oxidation sites excluding steroid dienone is 3. The van der Waals surface area contributed by atoms with E-state index in [1.807, 2.05) is 38.2 Å². The van der Waals surface area contributed by atoms with Gasteiger partial charge in [0.05, 0.1) is 0 Å². The van der Waals surface area contributed by atoms with Crippen LogP contribution in [0.5, 0.6) is 0 Å². The molecular weight excluding hydrogens is 591 g/mol. The Morgan fingerprint density at radius 1 is 0.533 bits per heavy atom. The molecule has 2 unspecified atom stereocenters. The summed E-state index contributed by atoms with van der Waals surface area (Å²) in [6, 6.07) is 0. The summed E-state index contributed by atoms with van der Waals surface area (Å²) >= 11 is 0. The first-order chi connectivity index (χ1) is 21.6. The molecule has 0 aromatic heterocycles. The molecule has 1 aliphatic rings. The van der Waals surface area contributed by atoms with E-state index in [0.29, 0.717) is 0 Å². The molecule has 0 radical (unpaired) electrons. The predicted molar refractivity (Wildman–Crippen MR) is 206 cm³/mol. The van der Waals surface area contributed by atoms with Gasteiger partial charge in [0.2, 0.25) is 0 Å². The van der Waals surface area contributed by atoms with Crippen molar-refractivity contribution >= 4 is 16.9 Å². The molecule has 0 N–H and O–H groups in total. The van der Waals surface area contributed by atoms with Crippen LogP contribution >= 0.6 is 6.83 Å². The monoisotopic (exact) mass is 671 g/mol. The van der Waals surface area contributed by atoms with Crippen LogP contribution in [0.15, 0.2) is 24.3 Å². The van der Waals surface area contributed by atoms with E-state index >= 15 is 0 Å². The number of hydrogen-bond acceptors (Lipinski definition) is 3. The molecule has 3 nitrogen and oxygen atoms in total. The van der Waals surface area contributed by atoms with Gasteiger partial charge in [0.15, 0.2) is 0 Å². The standard InChI is InChI=1S/C40H79O3PS/c1-7-11-15-19-20-21-22-23-24-25-26-32-38-44(35-29-16-12-8-2,36-30-17-13-9-3,37-31-18-14-10-4)43-45(41,42)40(6)34-28-27-33-39(40)5/h27-28,33-34,39H,7-26,29-32,35-38H2,1-6H3. The first-order valence-corrected chi connectivity index (χ1v) is 24.3. The van der Waals surface area contributed by atoms with Crippen LogP contribution in [0.4, 0.5) is 0 Å². The van der Waals surface area contributed by atoms with Crippen LogP contribution in [-0.4, -0.2) is 37.8 Å². The number of unbranched alkanes of at least 4 members (excludes halogenated alkanes) is 20. The zero-order valence-electron chi connectivity index (χ0n) is 31.3. The van der Waals surface area contributed by atoms with Crippen molar-refractivity contribution in [2.24, 2.45) is 5.92 Å². The van der Waals surface area contributed by atoms with Crippen LogP contribution in [-0.2, 0) is 14.1 Å². The minimum absolute atomic E-state index is 0.0956. The summed E-state index contributed by atoms with van der Waals surface area (Å²) in [6.07, 6.45) is 42.1. The van der Waals surface area contributed by atoms with E-state index in [2.05, 4.69) is 27.7 Å². The molecule has 0 fully saturated rings. The van der Waals surface area contributed by atoms with Gasteiger partial charge in [-0.3, -0.25) is 0 Å². The summed E-state index contributed by atoms with van der Waals surface area (Å²) < 4.78 is 35.5. The second kappa shape index (κ2) is 24.0. The van der Waals surface area contributed by atoms with E-state index < -0.39 is 21.7 Å². The Hall–Kier alpha value is -0.180. The fourth-order valence-electron chi connectivity index (χ4n) is 7.48. The molecule has 1 rings (SSSR count). The van der Waals surface area contributed by atoms with Crippen molar-refractivity contribution in [2.75, 3.05) is 24.6 Å². The molecular formula is C40H79O3PS. The third kappa shape index (κ3) is 15.7. The maximum atomic E-state index is 14.6. The molecule has 1 aliphatic carbocycles. The molecule has 0 spiro atoms. The molecule has 0 saturated carbocycles. The molecule has 0 amide bonds. The number of hydrogen-bond donors (Lipinski definition) is 0. The fourth-order valence-corrected chi connectivity index (χ4v) is 17.7. The van der Waals surface area contributed by atoms with E-state index in [4.69, 9.17) is 3.97 Å². The summed E-state index contributed by atoms with van der Waals surface area (Å²) in [5.74, 6) is -0.0956. The maximum absolute atomic E-state index is 14.6. The van der Waals surface area contributed by atoms with Gasteiger partial charge in [-0.2, -0.15) is 0 Å². The Morgan fingerprint density at radius 3 is 1.18 bits per heavy atom. The van der Waals surface area contributed by atoms with E-state index in [1.165, 1.54) is 128 Å². The third-order valence-electron chi connectivity index (χ3n) is 11.0.